The van der Waals surface area contributed by atoms with Crippen LogP contribution in [-0.4, -0.2) is 60.5 Å². The third-order valence-corrected chi connectivity index (χ3v) is 5.17. The van der Waals surface area contributed by atoms with Crippen LogP contribution < -0.4 is 5.32 Å². The number of benzene rings is 1. The molecule has 1 unspecified atom stereocenters. The van der Waals surface area contributed by atoms with E-state index in [9.17, 15) is 18.8 Å². The number of hydrogen-bond acceptors (Lipinski definition) is 4. The summed E-state index contributed by atoms with van der Waals surface area (Å²) in [6.07, 6.45) is 3.31. The number of carbonyl (C=O) groups is 3. The van der Waals surface area contributed by atoms with Crippen molar-refractivity contribution >= 4 is 23.6 Å². The van der Waals surface area contributed by atoms with Crippen LogP contribution in [0.5, 0.6) is 0 Å². The standard InChI is InChI=1S/C22H32FN3O4/c1-3-5-13-25(22(29)24-19-11-7-6-10-18(19)23)15-12-20(27)26-14-8-9-17(16-26)21(28)30-4-2/h6-7,10-11,17H,3-5,8-9,12-16H2,1-2H3,(H,24,29). The van der Waals surface area contributed by atoms with E-state index in [2.05, 4.69) is 5.32 Å². The Hall–Kier alpha value is -2.64. The molecule has 1 fully saturated rings. The maximum Gasteiger partial charge on any atom is 0.321 e. The molecular formula is C22H32FN3O4. The van der Waals surface area contributed by atoms with E-state index < -0.39 is 11.8 Å². The van der Waals surface area contributed by atoms with Gasteiger partial charge < -0.3 is 19.9 Å². The normalized spacial score (nSPS) is 16.1. The quantitative estimate of drug-likeness (QED) is 0.618. The molecule has 0 spiro atoms. The first-order chi connectivity index (χ1) is 14.5. The average Bonchev–Trinajstić information content (AvgIpc) is 2.75. The zero-order valence-electron chi connectivity index (χ0n) is 17.9. The minimum absolute atomic E-state index is 0.0933. The fourth-order valence-electron chi connectivity index (χ4n) is 3.47. The number of likely N-dealkylation sites (tertiary alicyclic amines) is 1. The van der Waals surface area contributed by atoms with Crippen LogP contribution in [0.2, 0.25) is 0 Å². The first-order valence-electron chi connectivity index (χ1n) is 10.7. The van der Waals surface area contributed by atoms with Gasteiger partial charge in [-0.25, -0.2) is 9.18 Å². The van der Waals surface area contributed by atoms with Gasteiger partial charge in [-0.15, -0.1) is 0 Å². The lowest BCUT2D eigenvalue weighted by Gasteiger charge is -2.32. The van der Waals surface area contributed by atoms with Crippen LogP contribution in [0.3, 0.4) is 0 Å². The number of anilines is 1. The number of carbonyl (C=O) groups excluding carboxylic acids is 3. The Morgan fingerprint density at radius 1 is 1.23 bits per heavy atom. The summed E-state index contributed by atoms with van der Waals surface area (Å²) in [4.78, 5) is 40.5. The van der Waals surface area contributed by atoms with E-state index in [1.54, 1.807) is 28.9 Å². The number of rotatable bonds is 9. The average molecular weight is 422 g/mol. The Labute approximate surface area is 177 Å². The predicted molar refractivity (Wildman–Crippen MR) is 112 cm³/mol. The summed E-state index contributed by atoms with van der Waals surface area (Å²) in [7, 11) is 0. The zero-order valence-corrected chi connectivity index (χ0v) is 17.9. The minimum Gasteiger partial charge on any atom is -0.466 e. The van der Waals surface area contributed by atoms with Crippen LogP contribution in [0.15, 0.2) is 24.3 Å². The smallest absolute Gasteiger partial charge is 0.321 e. The summed E-state index contributed by atoms with van der Waals surface area (Å²) in [5, 5.41) is 2.58. The number of amides is 3. The molecule has 0 bridgehead atoms. The molecule has 1 aromatic rings. The summed E-state index contributed by atoms with van der Waals surface area (Å²) in [5.74, 6) is -1.15. The lowest BCUT2D eigenvalue weighted by Crippen LogP contribution is -2.44. The Bertz CT molecular complexity index is 728. The van der Waals surface area contributed by atoms with Crippen LogP contribution in [0.25, 0.3) is 0 Å². The molecule has 0 aromatic heterocycles. The first-order valence-corrected chi connectivity index (χ1v) is 10.7. The number of piperidine rings is 1. The van der Waals surface area contributed by atoms with Crippen molar-refractivity contribution in [2.75, 3.05) is 38.1 Å². The summed E-state index contributed by atoms with van der Waals surface area (Å²) < 4.78 is 18.9. The van der Waals surface area contributed by atoms with Gasteiger partial charge in [0.05, 0.1) is 18.2 Å². The summed E-state index contributed by atoms with van der Waals surface area (Å²) in [6, 6.07) is 5.56. The van der Waals surface area contributed by atoms with Gasteiger partial charge in [0.2, 0.25) is 5.91 Å². The molecule has 0 aliphatic carbocycles. The number of hydrogen-bond donors (Lipinski definition) is 1. The highest BCUT2D eigenvalue weighted by molar-refractivity contribution is 5.89. The number of nitrogens with zero attached hydrogens (tertiary/aromatic N) is 2. The largest absolute Gasteiger partial charge is 0.466 e. The van der Waals surface area contributed by atoms with Crippen molar-refractivity contribution in [3.8, 4) is 0 Å². The van der Waals surface area contributed by atoms with Crippen molar-refractivity contribution in [3.63, 3.8) is 0 Å². The van der Waals surface area contributed by atoms with Crippen LogP contribution in [0.1, 0.15) is 46.0 Å². The molecule has 1 aliphatic heterocycles. The number of nitrogens with one attached hydrogen (secondary N) is 1. The summed E-state index contributed by atoms with van der Waals surface area (Å²) >= 11 is 0. The van der Waals surface area contributed by atoms with E-state index in [0.717, 1.165) is 25.7 Å². The van der Waals surface area contributed by atoms with E-state index in [-0.39, 0.29) is 36.4 Å². The van der Waals surface area contributed by atoms with Crippen LogP contribution in [0.4, 0.5) is 14.9 Å². The van der Waals surface area contributed by atoms with Crippen LogP contribution in [-0.2, 0) is 14.3 Å². The van der Waals surface area contributed by atoms with Crippen molar-refractivity contribution in [1.82, 2.24) is 9.80 Å². The van der Waals surface area contributed by atoms with Crippen molar-refractivity contribution < 1.29 is 23.5 Å². The molecule has 3 amide bonds. The highest BCUT2D eigenvalue weighted by Crippen LogP contribution is 2.19. The second-order valence-electron chi connectivity index (χ2n) is 7.43. The molecule has 7 nitrogen and oxygen atoms in total. The fraction of sp³-hybridized carbons (Fsp3) is 0.591. The topological polar surface area (TPSA) is 79.0 Å². The third-order valence-electron chi connectivity index (χ3n) is 5.17. The number of para-hydroxylation sites is 1. The Morgan fingerprint density at radius 3 is 2.70 bits per heavy atom. The lowest BCUT2D eigenvalue weighted by atomic mass is 9.98. The van der Waals surface area contributed by atoms with Crippen molar-refractivity contribution in [2.24, 2.45) is 5.92 Å². The molecule has 8 heteroatoms. The zero-order chi connectivity index (χ0) is 21.9. The van der Waals surface area contributed by atoms with E-state index in [0.29, 0.717) is 26.2 Å². The maximum absolute atomic E-state index is 13.8. The number of halogens is 1. The van der Waals surface area contributed by atoms with Gasteiger partial charge in [0, 0.05) is 32.6 Å². The second kappa shape index (κ2) is 12.1. The molecule has 1 atom stereocenters. The fourth-order valence-corrected chi connectivity index (χ4v) is 3.47. The molecule has 1 saturated heterocycles. The molecule has 30 heavy (non-hydrogen) atoms. The van der Waals surface area contributed by atoms with Gasteiger partial charge in [-0.1, -0.05) is 25.5 Å². The number of unbranched alkanes of at least 4 members (excludes halogenated alkanes) is 1. The SMILES string of the molecule is CCCCN(CCC(=O)N1CCCC(C(=O)OCC)C1)C(=O)Nc1ccccc1F. The number of esters is 1. The minimum atomic E-state index is -0.504. The number of ether oxygens (including phenoxy) is 1. The van der Waals surface area contributed by atoms with E-state index >= 15 is 0 Å². The first kappa shape index (κ1) is 23.6. The van der Waals surface area contributed by atoms with Gasteiger partial charge in [0.15, 0.2) is 0 Å². The molecule has 1 N–H and O–H groups in total. The third kappa shape index (κ3) is 7.00. The maximum atomic E-state index is 13.8. The number of urea groups is 1. The Morgan fingerprint density at radius 2 is 2.00 bits per heavy atom. The molecule has 1 aliphatic rings. The lowest BCUT2D eigenvalue weighted by molar-refractivity contribution is -0.151. The monoisotopic (exact) mass is 421 g/mol. The van der Waals surface area contributed by atoms with E-state index in [1.165, 1.54) is 12.1 Å². The Balaban J connectivity index is 1.92. The van der Waals surface area contributed by atoms with Crippen molar-refractivity contribution in [3.05, 3.63) is 30.1 Å². The van der Waals surface area contributed by atoms with Gasteiger partial charge in [-0.2, -0.15) is 0 Å². The molecule has 166 valence electrons. The van der Waals surface area contributed by atoms with Crippen molar-refractivity contribution in [1.29, 1.82) is 0 Å². The van der Waals surface area contributed by atoms with Crippen LogP contribution >= 0.6 is 0 Å². The second-order valence-corrected chi connectivity index (χ2v) is 7.43. The summed E-state index contributed by atoms with van der Waals surface area (Å²) in [5.41, 5.74) is 0.114. The van der Waals surface area contributed by atoms with Gasteiger partial charge in [-0.05, 0) is 38.3 Å². The van der Waals surface area contributed by atoms with Crippen LogP contribution in [0, 0.1) is 11.7 Å². The summed E-state index contributed by atoms with van der Waals surface area (Å²) in [6.45, 7) is 5.78. The van der Waals surface area contributed by atoms with Gasteiger partial charge in [0.25, 0.3) is 0 Å². The van der Waals surface area contributed by atoms with E-state index in [1.807, 2.05) is 6.92 Å². The molecule has 1 heterocycles. The highest BCUT2D eigenvalue weighted by atomic mass is 19.1. The van der Waals surface area contributed by atoms with Gasteiger partial charge in [0.1, 0.15) is 5.82 Å². The molecule has 0 radical (unpaired) electrons. The van der Waals surface area contributed by atoms with Gasteiger partial charge >= 0.3 is 12.0 Å². The molecular weight excluding hydrogens is 389 g/mol. The molecule has 2 rings (SSSR count). The Kier molecular flexibility index (Phi) is 9.57. The van der Waals surface area contributed by atoms with E-state index in [4.69, 9.17) is 4.74 Å². The van der Waals surface area contributed by atoms with Gasteiger partial charge in [-0.3, -0.25) is 9.59 Å². The predicted octanol–water partition coefficient (Wildman–Crippen LogP) is 3.65. The molecule has 0 saturated carbocycles. The van der Waals surface area contributed by atoms with Crippen molar-refractivity contribution in [2.45, 2.75) is 46.0 Å². The highest BCUT2D eigenvalue weighted by Gasteiger charge is 2.29. The molecule has 1 aromatic carbocycles.